The minimum absolute atomic E-state index is 0.0127. The molecule has 208 valence electrons. The Morgan fingerprint density at radius 3 is 2.60 bits per heavy atom. The van der Waals surface area contributed by atoms with Crippen molar-refractivity contribution in [1.29, 1.82) is 0 Å². The number of benzene rings is 1. The van der Waals surface area contributed by atoms with E-state index in [2.05, 4.69) is 30.1 Å². The van der Waals surface area contributed by atoms with Gasteiger partial charge in [-0.05, 0) is 63.7 Å². The van der Waals surface area contributed by atoms with Crippen LogP contribution in [0, 0.1) is 11.6 Å². The summed E-state index contributed by atoms with van der Waals surface area (Å²) in [7, 11) is 0. The van der Waals surface area contributed by atoms with Crippen molar-refractivity contribution >= 4 is 43.4 Å². The summed E-state index contributed by atoms with van der Waals surface area (Å²) in [5.74, 6) is -0.411. The van der Waals surface area contributed by atoms with Crippen molar-refractivity contribution in [2.45, 2.75) is 56.1 Å². The van der Waals surface area contributed by atoms with Gasteiger partial charge in [0.05, 0.1) is 21.1 Å². The Balaban J connectivity index is 1.25. The number of nitrogen functional groups attached to an aromatic ring is 1. The Labute approximate surface area is 233 Å². The Bertz CT molecular complexity index is 1620. The van der Waals surface area contributed by atoms with Crippen molar-refractivity contribution in [1.82, 2.24) is 30.2 Å². The van der Waals surface area contributed by atoms with Crippen molar-refractivity contribution in [3.05, 3.63) is 30.0 Å². The van der Waals surface area contributed by atoms with Crippen LogP contribution in [0.5, 0.6) is 6.01 Å². The van der Waals surface area contributed by atoms with Gasteiger partial charge in [0.1, 0.15) is 29.5 Å². The molecule has 4 fully saturated rings. The van der Waals surface area contributed by atoms with Crippen LogP contribution < -0.4 is 20.7 Å². The first-order valence-electron chi connectivity index (χ1n) is 14.1. The number of thiazole rings is 1. The molecule has 40 heavy (non-hydrogen) atoms. The molecule has 9 nitrogen and oxygen atoms in total. The van der Waals surface area contributed by atoms with E-state index in [9.17, 15) is 4.39 Å². The summed E-state index contributed by atoms with van der Waals surface area (Å²) in [6.45, 7) is 4.22. The van der Waals surface area contributed by atoms with Gasteiger partial charge in [0.15, 0.2) is 10.9 Å². The Hall–Kier alpha value is -3.22. The zero-order chi connectivity index (χ0) is 27.0. The molecule has 4 aromatic rings. The van der Waals surface area contributed by atoms with Crippen LogP contribution in [0.15, 0.2) is 18.3 Å². The van der Waals surface area contributed by atoms with Crippen LogP contribution in [0.3, 0.4) is 0 Å². The van der Waals surface area contributed by atoms with Crippen LogP contribution in [0.2, 0.25) is 0 Å². The van der Waals surface area contributed by atoms with Gasteiger partial charge in [0, 0.05) is 36.9 Å². The van der Waals surface area contributed by atoms with Crippen molar-refractivity contribution < 1.29 is 13.5 Å². The molecule has 2 bridgehead atoms. The van der Waals surface area contributed by atoms with Crippen LogP contribution in [0.1, 0.15) is 38.5 Å². The molecule has 2 unspecified atom stereocenters. The minimum atomic E-state index is -0.606. The van der Waals surface area contributed by atoms with E-state index < -0.39 is 11.6 Å². The lowest BCUT2D eigenvalue weighted by Crippen LogP contribution is -2.51. The summed E-state index contributed by atoms with van der Waals surface area (Å²) in [5.41, 5.74) is 6.75. The molecule has 4 aliphatic rings. The van der Waals surface area contributed by atoms with Crippen molar-refractivity contribution in [3.8, 4) is 17.3 Å². The fourth-order valence-corrected chi connectivity index (χ4v) is 8.09. The predicted molar refractivity (Wildman–Crippen MR) is 151 cm³/mol. The van der Waals surface area contributed by atoms with Crippen LogP contribution in [-0.2, 0) is 0 Å². The first-order chi connectivity index (χ1) is 19.5. The molecule has 3 aromatic heterocycles. The topological polar surface area (TPSA) is 105 Å². The molecule has 12 heteroatoms. The molecule has 0 radical (unpaired) electrons. The van der Waals surface area contributed by atoms with Crippen LogP contribution in [-0.4, -0.2) is 75.2 Å². The average molecular weight is 565 g/mol. The Morgan fingerprint density at radius 1 is 1.05 bits per heavy atom. The molecule has 0 spiro atoms. The fraction of sp³-hybridized carbons (Fsp3) is 0.500. The van der Waals surface area contributed by atoms with Gasteiger partial charge in [-0.2, -0.15) is 9.97 Å². The number of anilines is 2. The van der Waals surface area contributed by atoms with Gasteiger partial charge in [0.2, 0.25) is 0 Å². The third-order valence-electron chi connectivity index (χ3n) is 9.21. The largest absolute Gasteiger partial charge is 0.461 e. The predicted octanol–water partition coefficient (Wildman–Crippen LogP) is 4.11. The van der Waals surface area contributed by atoms with Gasteiger partial charge in [0.25, 0.3) is 0 Å². The standard InChI is InChI=1S/C28H30F2N8OS/c29-19-6-5-17(23-24(19)40-26(31)34-23)21-20(30)22-18(11-32-21)25(37-12-15-3-4-16(13-37)33-15)36-27(35-22)39-14-28-7-1-9-38(28)10-2-8-28/h5-6,11,15-16,33H,1-4,7-10,12-14H2,(H2,31,34). The summed E-state index contributed by atoms with van der Waals surface area (Å²) < 4.78 is 37.5. The normalized spacial score (nSPS) is 23.9. The van der Waals surface area contributed by atoms with E-state index in [1.807, 2.05) is 0 Å². The number of halogens is 2. The van der Waals surface area contributed by atoms with E-state index in [4.69, 9.17) is 15.5 Å². The van der Waals surface area contributed by atoms with Gasteiger partial charge in [-0.25, -0.2) is 13.8 Å². The van der Waals surface area contributed by atoms with Gasteiger partial charge in [-0.1, -0.05) is 11.3 Å². The van der Waals surface area contributed by atoms with Gasteiger partial charge >= 0.3 is 6.01 Å². The summed E-state index contributed by atoms with van der Waals surface area (Å²) in [6.07, 6.45) is 8.35. The maximum absolute atomic E-state index is 16.4. The summed E-state index contributed by atoms with van der Waals surface area (Å²) in [6, 6.07) is 3.72. The highest BCUT2D eigenvalue weighted by atomic mass is 32.1. The zero-order valence-electron chi connectivity index (χ0n) is 22.0. The van der Waals surface area contributed by atoms with Crippen LogP contribution >= 0.6 is 11.3 Å². The number of ether oxygens (including phenoxy) is 1. The van der Waals surface area contributed by atoms with E-state index in [1.54, 1.807) is 6.20 Å². The SMILES string of the molecule is Nc1nc2c(-c3ncc4c(N5CC6CCC(C5)N6)nc(OCC56CCCN5CCC6)nc4c3F)ccc(F)c2s1. The maximum Gasteiger partial charge on any atom is 0.319 e. The van der Waals surface area contributed by atoms with Gasteiger partial charge < -0.3 is 20.7 Å². The van der Waals surface area contributed by atoms with Gasteiger partial charge in [-0.3, -0.25) is 9.88 Å². The fourth-order valence-electron chi connectivity index (χ4n) is 7.33. The molecule has 1 aromatic carbocycles. The molecule has 4 aliphatic heterocycles. The molecule has 3 N–H and O–H groups in total. The van der Waals surface area contributed by atoms with Crippen LogP contribution in [0.25, 0.3) is 32.4 Å². The van der Waals surface area contributed by atoms with E-state index in [0.29, 0.717) is 41.0 Å². The second kappa shape index (κ2) is 9.15. The number of nitrogens with one attached hydrogen (secondary N) is 1. The molecule has 0 saturated carbocycles. The number of nitrogens with two attached hydrogens (primary N) is 1. The number of rotatable bonds is 5. The van der Waals surface area contributed by atoms with Crippen molar-refractivity contribution in [2.75, 3.05) is 43.4 Å². The number of hydrogen-bond donors (Lipinski definition) is 2. The van der Waals surface area contributed by atoms with E-state index in [-0.39, 0.29) is 32.6 Å². The number of fused-ring (bicyclic) bond motifs is 5. The van der Waals surface area contributed by atoms with E-state index in [1.165, 1.54) is 12.1 Å². The quantitative estimate of drug-likeness (QED) is 0.371. The summed E-state index contributed by atoms with van der Waals surface area (Å²) >= 11 is 1.03. The first kappa shape index (κ1) is 24.6. The molecular weight excluding hydrogens is 534 g/mol. The highest BCUT2D eigenvalue weighted by molar-refractivity contribution is 7.22. The first-order valence-corrected chi connectivity index (χ1v) is 14.9. The molecule has 2 atom stereocenters. The highest BCUT2D eigenvalue weighted by Crippen LogP contribution is 2.41. The molecule has 0 amide bonds. The lowest BCUT2D eigenvalue weighted by Gasteiger charge is -2.34. The molecule has 4 saturated heterocycles. The second-order valence-electron chi connectivity index (χ2n) is 11.6. The number of hydrogen-bond acceptors (Lipinski definition) is 10. The third-order valence-corrected chi connectivity index (χ3v) is 10.1. The smallest absolute Gasteiger partial charge is 0.319 e. The average Bonchev–Trinajstić information content (AvgIpc) is 3.71. The van der Waals surface area contributed by atoms with E-state index >= 15 is 4.39 Å². The Kier molecular flexibility index (Phi) is 5.62. The Morgan fingerprint density at radius 2 is 1.82 bits per heavy atom. The third kappa shape index (κ3) is 3.83. The minimum Gasteiger partial charge on any atom is -0.461 e. The number of nitrogens with zero attached hydrogens (tertiary/aromatic N) is 6. The maximum atomic E-state index is 16.4. The zero-order valence-corrected chi connectivity index (χ0v) is 22.8. The monoisotopic (exact) mass is 564 g/mol. The highest BCUT2D eigenvalue weighted by Gasteiger charge is 2.45. The second-order valence-corrected chi connectivity index (χ2v) is 12.6. The number of pyridine rings is 1. The lowest BCUT2D eigenvalue weighted by molar-refractivity contribution is 0.108. The number of aromatic nitrogens is 4. The van der Waals surface area contributed by atoms with Crippen LogP contribution in [0.4, 0.5) is 19.7 Å². The van der Waals surface area contributed by atoms with Crippen molar-refractivity contribution in [3.63, 3.8) is 0 Å². The summed E-state index contributed by atoms with van der Waals surface area (Å²) in [4.78, 5) is 23.0. The van der Waals surface area contributed by atoms with Gasteiger partial charge in [-0.15, -0.1) is 0 Å². The molecular formula is C28H30F2N8OS. The summed E-state index contributed by atoms with van der Waals surface area (Å²) in [5, 5.41) is 4.39. The lowest BCUT2D eigenvalue weighted by atomic mass is 9.95. The molecule has 7 heterocycles. The van der Waals surface area contributed by atoms with E-state index in [0.717, 1.165) is 76.0 Å². The molecule has 8 rings (SSSR count). The number of piperazine rings is 1. The van der Waals surface area contributed by atoms with Crippen molar-refractivity contribution in [2.24, 2.45) is 0 Å². The molecule has 0 aliphatic carbocycles.